The molecule has 0 amide bonds. The average Bonchev–Trinajstić information content (AvgIpc) is 2.90. The van der Waals surface area contributed by atoms with Crippen molar-refractivity contribution in [2.75, 3.05) is 7.11 Å². The van der Waals surface area contributed by atoms with Crippen LogP contribution in [-0.2, 0) is 9.53 Å². The maximum Gasteiger partial charge on any atom is 0.352 e. The number of aliphatic imine (C=N–C) groups is 3. The highest BCUT2D eigenvalue weighted by Crippen LogP contribution is 2.20. The Kier molecular flexibility index (Phi) is 2.75. The van der Waals surface area contributed by atoms with Gasteiger partial charge in [0, 0.05) is 12.6 Å². The van der Waals surface area contributed by atoms with Crippen LogP contribution in [-0.4, -0.2) is 35.3 Å². The normalized spacial score (nSPS) is 16.9. The number of hydrogen-bond acceptors (Lipinski definition) is 6. The first-order valence-electron chi connectivity index (χ1n) is 5.71. The second kappa shape index (κ2) is 4.56. The minimum atomic E-state index is -0.440. The Morgan fingerprint density at radius 1 is 1.32 bits per heavy atom. The number of esters is 1. The predicted molar refractivity (Wildman–Crippen MR) is 70.4 cm³/mol. The summed E-state index contributed by atoms with van der Waals surface area (Å²) in [6.45, 7) is 0. The van der Waals surface area contributed by atoms with Crippen LogP contribution in [0.4, 0.5) is 0 Å². The molecule has 6 heteroatoms. The molecular formula is C13H10N4O2. The number of ether oxygens (including phenoxy) is 1. The lowest BCUT2D eigenvalue weighted by atomic mass is 10.1. The number of rotatable bonds is 2. The zero-order chi connectivity index (χ0) is 13.2. The van der Waals surface area contributed by atoms with E-state index in [0.717, 1.165) is 5.71 Å². The van der Waals surface area contributed by atoms with Crippen LogP contribution >= 0.6 is 0 Å². The highest BCUT2D eigenvalue weighted by atomic mass is 16.5. The van der Waals surface area contributed by atoms with Gasteiger partial charge in [-0.25, -0.2) is 14.8 Å². The van der Waals surface area contributed by atoms with E-state index in [1.165, 1.54) is 13.3 Å². The van der Waals surface area contributed by atoms with Crippen molar-refractivity contribution in [3.63, 3.8) is 0 Å². The molecule has 19 heavy (non-hydrogen) atoms. The molecule has 0 unspecified atom stereocenters. The summed E-state index contributed by atoms with van der Waals surface area (Å²) in [5.74, 6) is 0.104. The number of hydrogen-bond donors (Lipinski definition) is 0. The number of fused-ring (bicyclic) bond motifs is 1. The average molecular weight is 254 g/mol. The molecular weight excluding hydrogens is 244 g/mol. The Balaban J connectivity index is 1.89. The largest absolute Gasteiger partial charge is 0.465 e. The lowest BCUT2D eigenvalue weighted by molar-refractivity contribution is -0.132. The van der Waals surface area contributed by atoms with E-state index in [0.29, 0.717) is 29.4 Å². The Morgan fingerprint density at radius 2 is 2.21 bits per heavy atom. The molecule has 0 N–H and O–H groups in total. The van der Waals surface area contributed by atoms with Gasteiger partial charge in [0.2, 0.25) is 0 Å². The molecule has 3 heterocycles. The predicted octanol–water partition coefficient (Wildman–Crippen LogP) is 1.14. The van der Waals surface area contributed by atoms with Gasteiger partial charge in [-0.15, -0.1) is 0 Å². The molecule has 0 atom stereocenters. The topological polar surface area (TPSA) is 76.3 Å². The standard InChI is InChI=1S/C13H10N4O2/c1-19-13(18)10-6-9-11(7-15-10)17-12(16-9)8-4-2-3-5-14-8/h2-5,7H,6H2,1H3. The van der Waals surface area contributed by atoms with Crippen molar-refractivity contribution in [2.24, 2.45) is 15.0 Å². The van der Waals surface area contributed by atoms with Crippen molar-refractivity contribution in [1.29, 1.82) is 0 Å². The molecule has 2 aliphatic heterocycles. The van der Waals surface area contributed by atoms with Crippen molar-refractivity contribution in [2.45, 2.75) is 6.42 Å². The van der Waals surface area contributed by atoms with Crippen LogP contribution in [0.15, 0.2) is 51.3 Å². The van der Waals surface area contributed by atoms with Crippen molar-refractivity contribution in [3.05, 3.63) is 42.0 Å². The fourth-order valence-electron chi connectivity index (χ4n) is 1.82. The molecule has 0 fully saturated rings. The van der Waals surface area contributed by atoms with Crippen LogP contribution < -0.4 is 0 Å². The second-order valence-corrected chi connectivity index (χ2v) is 3.97. The van der Waals surface area contributed by atoms with Crippen LogP contribution in [0, 0.1) is 0 Å². The Hall–Kier alpha value is -2.63. The summed E-state index contributed by atoms with van der Waals surface area (Å²) in [6, 6.07) is 5.54. The van der Waals surface area contributed by atoms with E-state index < -0.39 is 5.97 Å². The number of pyridine rings is 1. The minimum absolute atomic E-state index is 0.332. The molecule has 0 aromatic carbocycles. The van der Waals surface area contributed by atoms with Gasteiger partial charge in [-0.3, -0.25) is 9.98 Å². The fourth-order valence-corrected chi connectivity index (χ4v) is 1.82. The second-order valence-electron chi connectivity index (χ2n) is 3.97. The van der Waals surface area contributed by atoms with E-state index in [2.05, 4.69) is 24.7 Å². The van der Waals surface area contributed by atoms with Crippen LogP contribution in [0.25, 0.3) is 0 Å². The number of methoxy groups -OCH3 is 1. The van der Waals surface area contributed by atoms with Crippen molar-refractivity contribution in [1.82, 2.24) is 4.98 Å². The Morgan fingerprint density at radius 3 is 2.95 bits per heavy atom. The van der Waals surface area contributed by atoms with E-state index in [4.69, 9.17) is 0 Å². The third-order valence-electron chi connectivity index (χ3n) is 2.76. The first kappa shape index (κ1) is 11.5. The number of allylic oxidation sites excluding steroid dienone is 1. The van der Waals surface area contributed by atoms with Crippen LogP contribution in [0.5, 0.6) is 0 Å². The Labute approximate surface area is 109 Å². The molecule has 94 valence electrons. The molecule has 0 saturated heterocycles. The number of carbonyl (C=O) groups excluding carboxylic acids is 1. The highest BCUT2D eigenvalue weighted by Gasteiger charge is 2.25. The maximum atomic E-state index is 11.4. The first-order chi connectivity index (χ1) is 9.28. The molecule has 2 aliphatic rings. The van der Waals surface area contributed by atoms with Crippen molar-refractivity contribution >= 4 is 23.2 Å². The van der Waals surface area contributed by atoms with Gasteiger partial charge in [0.15, 0.2) is 5.84 Å². The summed E-state index contributed by atoms with van der Waals surface area (Å²) in [5.41, 5.74) is 2.43. The summed E-state index contributed by atoms with van der Waals surface area (Å²) >= 11 is 0. The quantitative estimate of drug-likeness (QED) is 0.742. The van der Waals surface area contributed by atoms with Gasteiger partial charge >= 0.3 is 5.97 Å². The van der Waals surface area contributed by atoms with Crippen LogP contribution in [0.2, 0.25) is 0 Å². The van der Waals surface area contributed by atoms with E-state index in [9.17, 15) is 4.79 Å². The van der Waals surface area contributed by atoms with Gasteiger partial charge in [0.05, 0.1) is 19.0 Å². The molecule has 0 bridgehead atoms. The van der Waals surface area contributed by atoms with E-state index >= 15 is 0 Å². The van der Waals surface area contributed by atoms with Crippen LogP contribution in [0.3, 0.4) is 0 Å². The fraction of sp³-hybridized carbons (Fsp3) is 0.154. The molecule has 0 spiro atoms. The molecule has 6 nitrogen and oxygen atoms in total. The smallest absolute Gasteiger partial charge is 0.352 e. The SMILES string of the molecule is COC(=O)C1=NC=C2N=C(c3ccccn3)N=C2C1. The maximum absolute atomic E-state index is 11.4. The molecule has 1 aromatic rings. The van der Waals surface area contributed by atoms with E-state index in [1.54, 1.807) is 6.20 Å². The summed E-state index contributed by atoms with van der Waals surface area (Å²) < 4.78 is 4.65. The number of amidine groups is 1. The van der Waals surface area contributed by atoms with E-state index in [-0.39, 0.29) is 0 Å². The summed E-state index contributed by atoms with van der Waals surface area (Å²) in [6.07, 6.45) is 3.55. The van der Waals surface area contributed by atoms with Crippen molar-refractivity contribution < 1.29 is 9.53 Å². The monoisotopic (exact) mass is 254 g/mol. The first-order valence-corrected chi connectivity index (χ1v) is 5.71. The Bertz CT molecular complexity index is 656. The zero-order valence-corrected chi connectivity index (χ0v) is 10.2. The van der Waals surface area contributed by atoms with Gasteiger partial charge in [-0.1, -0.05) is 6.07 Å². The molecule has 0 aliphatic carbocycles. The number of nitrogens with zero attached hydrogens (tertiary/aromatic N) is 4. The third kappa shape index (κ3) is 2.08. The van der Waals surface area contributed by atoms with Gasteiger partial charge < -0.3 is 4.74 Å². The molecule has 0 saturated carbocycles. The lowest BCUT2D eigenvalue weighted by Gasteiger charge is -2.07. The minimum Gasteiger partial charge on any atom is -0.465 e. The van der Waals surface area contributed by atoms with Crippen LogP contribution in [0.1, 0.15) is 12.1 Å². The van der Waals surface area contributed by atoms with E-state index in [1.807, 2.05) is 18.2 Å². The zero-order valence-electron chi connectivity index (χ0n) is 10.2. The highest BCUT2D eigenvalue weighted by molar-refractivity contribution is 6.43. The third-order valence-corrected chi connectivity index (χ3v) is 2.76. The van der Waals surface area contributed by atoms with Gasteiger partial charge in [0.1, 0.15) is 17.1 Å². The molecule has 0 radical (unpaired) electrons. The molecule has 3 rings (SSSR count). The van der Waals surface area contributed by atoms with Crippen molar-refractivity contribution in [3.8, 4) is 0 Å². The van der Waals surface area contributed by atoms with Gasteiger partial charge in [-0.2, -0.15) is 0 Å². The number of carbonyl (C=O) groups is 1. The summed E-state index contributed by atoms with van der Waals surface area (Å²) in [5, 5.41) is 0. The summed E-state index contributed by atoms with van der Waals surface area (Å²) in [7, 11) is 1.33. The molecule has 1 aromatic heterocycles. The lowest BCUT2D eigenvalue weighted by Crippen LogP contribution is -2.21. The summed E-state index contributed by atoms with van der Waals surface area (Å²) in [4.78, 5) is 28.4. The van der Waals surface area contributed by atoms with Gasteiger partial charge in [-0.05, 0) is 12.1 Å². The van der Waals surface area contributed by atoms with Gasteiger partial charge in [0.25, 0.3) is 0 Å². The number of aromatic nitrogens is 1.